The number of ether oxygens (including phenoxy) is 2. The van der Waals surface area contributed by atoms with Gasteiger partial charge >= 0.3 is 0 Å². The summed E-state index contributed by atoms with van der Waals surface area (Å²) in [6.45, 7) is 3.75. The summed E-state index contributed by atoms with van der Waals surface area (Å²) < 4.78 is 38.0. The third kappa shape index (κ3) is 3.58. The van der Waals surface area contributed by atoms with Crippen LogP contribution in [0.5, 0.6) is 11.5 Å². The summed E-state index contributed by atoms with van der Waals surface area (Å²) in [5.74, 6) is 1.59. The van der Waals surface area contributed by atoms with Crippen molar-refractivity contribution in [1.29, 1.82) is 0 Å². The lowest BCUT2D eigenvalue weighted by molar-refractivity contribution is 0.370. The maximum atomic E-state index is 13.1. The van der Waals surface area contributed by atoms with E-state index in [1.165, 1.54) is 30.9 Å². The quantitative estimate of drug-likeness (QED) is 0.775. The summed E-state index contributed by atoms with van der Waals surface area (Å²) >= 11 is 0. The first-order valence-electron chi connectivity index (χ1n) is 8.21. The second kappa shape index (κ2) is 7.46. The minimum atomic E-state index is -3.68. The van der Waals surface area contributed by atoms with Crippen LogP contribution in [0.2, 0.25) is 0 Å². The van der Waals surface area contributed by atoms with Gasteiger partial charge in [-0.25, -0.2) is 18.4 Å². The molecule has 0 spiro atoms. The Morgan fingerprint density at radius 3 is 2.35 bits per heavy atom. The van der Waals surface area contributed by atoms with Crippen molar-refractivity contribution in [3.05, 3.63) is 36.3 Å². The fraction of sp³-hybridized carbons (Fsp3) is 0.412. The topological polar surface area (TPSA) is 84.9 Å². The Hall–Kier alpha value is -2.39. The van der Waals surface area contributed by atoms with Crippen molar-refractivity contribution in [2.24, 2.45) is 0 Å². The third-order valence-corrected chi connectivity index (χ3v) is 6.26. The van der Waals surface area contributed by atoms with E-state index in [9.17, 15) is 8.42 Å². The van der Waals surface area contributed by atoms with Crippen LogP contribution < -0.4 is 14.4 Å². The van der Waals surface area contributed by atoms with Gasteiger partial charge in [-0.05, 0) is 19.1 Å². The van der Waals surface area contributed by atoms with E-state index in [0.717, 1.165) is 11.5 Å². The molecule has 1 aliphatic heterocycles. The largest absolute Gasteiger partial charge is 0.497 e. The Morgan fingerprint density at radius 1 is 1.00 bits per heavy atom. The molecule has 26 heavy (non-hydrogen) atoms. The second-order valence-corrected chi connectivity index (χ2v) is 7.83. The highest BCUT2D eigenvalue weighted by Gasteiger charge is 2.31. The van der Waals surface area contributed by atoms with Crippen LogP contribution in [-0.2, 0) is 10.0 Å². The predicted octanol–water partition coefficient (Wildman–Crippen LogP) is 1.31. The number of hydrogen-bond acceptors (Lipinski definition) is 7. The van der Waals surface area contributed by atoms with Crippen LogP contribution >= 0.6 is 0 Å². The molecular weight excluding hydrogens is 356 g/mol. The zero-order valence-electron chi connectivity index (χ0n) is 15.0. The SMILES string of the molecule is COc1ccc(OC)c(S(=O)(=O)N2CCN(c3cc(C)ncn3)CC2)c1. The Bertz CT molecular complexity index is 880. The molecule has 2 heterocycles. The molecule has 1 aliphatic rings. The number of anilines is 1. The van der Waals surface area contributed by atoms with E-state index in [4.69, 9.17) is 9.47 Å². The van der Waals surface area contributed by atoms with Gasteiger partial charge in [-0.2, -0.15) is 4.31 Å². The number of piperazine rings is 1. The molecule has 0 amide bonds. The summed E-state index contributed by atoms with van der Waals surface area (Å²) in [4.78, 5) is 10.5. The first-order valence-corrected chi connectivity index (χ1v) is 9.65. The van der Waals surface area contributed by atoms with Crippen LogP contribution in [-0.4, -0.2) is 63.1 Å². The molecule has 0 unspecified atom stereocenters. The van der Waals surface area contributed by atoms with Crippen LogP contribution in [0, 0.1) is 6.92 Å². The number of nitrogens with zero attached hydrogens (tertiary/aromatic N) is 4. The van der Waals surface area contributed by atoms with Crippen molar-refractivity contribution in [1.82, 2.24) is 14.3 Å². The van der Waals surface area contributed by atoms with Gasteiger partial charge in [-0.1, -0.05) is 0 Å². The van der Waals surface area contributed by atoms with Crippen molar-refractivity contribution in [3.8, 4) is 11.5 Å². The number of rotatable bonds is 5. The normalized spacial score (nSPS) is 15.7. The van der Waals surface area contributed by atoms with Gasteiger partial charge in [0.1, 0.15) is 28.5 Å². The van der Waals surface area contributed by atoms with Gasteiger partial charge in [-0.15, -0.1) is 0 Å². The van der Waals surface area contributed by atoms with Crippen LogP contribution in [0.25, 0.3) is 0 Å². The molecule has 9 heteroatoms. The molecule has 1 fully saturated rings. The average molecular weight is 378 g/mol. The third-order valence-electron chi connectivity index (χ3n) is 4.34. The van der Waals surface area contributed by atoms with Gasteiger partial charge in [0.25, 0.3) is 0 Å². The highest BCUT2D eigenvalue weighted by molar-refractivity contribution is 7.89. The predicted molar refractivity (Wildman–Crippen MR) is 97.3 cm³/mol. The van der Waals surface area contributed by atoms with E-state index in [-0.39, 0.29) is 4.90 Å². The number of aryl methyl sites for hydroxylation is 1. The highest BCUT2D eigenvalue weighted by Crippen LogP contribution is 2.31. The number of methoxy groups -OCH3 is 2. The molecule has 0 bridgehead atoms. The van der Waals surface area contributed by atoms with Crippen LogP contribution in [0.4, 0.5) is 5.82 Å². The summed E-state index contributed by atoms with van der Waals surface area (Å²) in [5, 5.41) is 0. The van der Waals surface area contributed by atoms with E-state index < -0.39 is 10.0 Å². The minimum Gasteiger partial charge on any atom is -0.497 e. The zero-order valence-corrected chi connectivity index (χ0v) is 15.9. The summed E-state index contributed by atoms with van der Waals surface area (Å²) in [7, 11) is -0.727. The maximum absolute atomic E-state index is 13.1. The average Bonchev–Trinajstić information content (AvgIpc) is 2.67. The fourth-order valence-electron chi connectivity index (χ4n) is 2.90. The molecule has 140 valence electrons. The van der Waals surface area contributed by atoms with Crippen molar-refractivity contribution in [3.63, 3.8) is 0 Å². The molecule has 0 atom stereocenters. The van der Waals surface area contributed by atoms with Gasteiger partial charge in [-0.3, -0.25) is 0 Å². The number of aromatic nitrogens is 2. The summed E-state index contributed by atoms with van der Waals surface area (Å²) in [6, 6.07) is 6.67. The molecule has 1 aromatic heterocycles. The molecule has 0 aliphatic carbocycles. The van der Waals surface area contributed by atoms with E-state index in [1.54, 1.807) is 12.1 Å². The van der Waals surface area contributed by atoms with Crippen molar-refractivity contribution in [2.75, 3.05) is 45.3 Å². The van der Waals surface area contributed by atoms with E-state index >= 15 is 0 Å². The number of benzene rings is 1. The second-order valence-electron chi connectivity index (χ2n) is 5.93. The molecule has 0 radical (unpaired) electrons. The van der Waals surface area contributed by atoms with Crippen molar-refractivity contribution >= 4 is 15.8 Å². The highest BCUT2D eigenvalue weighted by atomic mass is 32.2. The first-order chi connectivity index (χ1) is 12.5. The lowest BCUT2D eigenvalue weighted by atomic mass is 10.3. The smallest absolute Gasteiger partial charge is 0.247 e. The minimum absolute atomic E-state index is 0.116. The molecular formula is C17H22N4O4S. The van der Waals surface area contributed by atoms with Gasteiger partial charge in [0.15, 0.2) is 0 Å². The van der Waals surface area contributed by atoms with Gasteiger partial charge in [0, 0.05) is 44.0 Å². The lowest BCUT2D eigenvalue weighted by Crippen LogP contribution is -2.49. The van der Waals surface area contributed by atoms with Crippen LogP contribution in [0.1, 0.15) is 5.69 Å². The van der Waals surface area contributed by atoms with Gasteiger partial charge in [0.2, 0.25) is 10.0 Å². The fourth-order valence-corrected chi connectivity index (χ4v) is 4.49. The molecule has 2 aromatic rings. The van der Waals surface area contributed by atoms with E-state index in [2.05, 4.69) is 14.9 Å². The van der Waals surface area contributed by atoms with Crippen molar-refractivity contribution in [2.45, 2.75) is 11.8 Å². The molecule has 1 aromatic carbocycles. The number of hydrogen-bond donors (Lipinski definition) is 0. The summed E-state index contributed by atoms with van der Waals surface area (Å²) in [6.07, 6.45) is 1.52. The standard InChI is InChI=1S/C17H22N4O4S/c1-13-10-17(19-12-18-13)20-6-8-21(9-7-20)26(22,23)16-11-14(24-2)4-5-15(16)25-3/h4-5,10-12H,6-9H2,1-3H3. The molecule has 3 rings (SSSR count). The first kappa shape index (κ1) is 18.4. The number of sulfonamides is 1. The van der Waals surface area contributed by atoms with Crippen molar-refractivity contribution < 1.29 is 17.9 Å². The van der Waals surface area contributed by atoms with E-state index in [1.807, 2.05) is 13.0 Å². The van der Waals surface area contributed by atoms with E-state index in [0.29, 0.717) is 37.7 Å². The van der Waals surface area contributed by atoms with Crippen LogP contribution in [0.3, 0.4) is 0 Å². The zero-order chi connectivity index (χ0) is 18.7. The lowest BCUT2D eigenvalue weighted by Gasteiger charge is -2.34. The van der Waals surface area contributed by atoms with Gasteiger partial charge in [0.05, 0.1) is 14.2 Å². The Labute approximate surface area is 153 Å². The Kier molecular flexibility index (Phi) is 5.28. The monoisotopic (exact) mass is 378 g/mol. The maximum Gasteiger partial charge on any atom is 0.247 e. The van der Waals surface area contributed by atoms with Crippen LogP contribution in [0.15, 0.2) is 35.5 Å². The molecule has 8 nitrogen and oxygen atoms in total. The Balaban J connectivity index is 1.80. The summed E-state index contributed by atoms with van der Waals surface area (Å²) in [5.41, 5.74) is 0.881. The van der Waals surface area contributed by atoms with Gasteiger partial charge < -0.3 is 14.4 Å². The Morgan fingerprint density at radius 2 is 1.73 bits per heavy atom. The molecule has 0 N–H and O–H groups in total. The molecule has 1 saturated heterocycles. The molecule has 0 saturated carbocycles.